The summed E-state index contributed by atoms with van der Waals surface area (Å²) in [6, 6.07) is 6.17. The van der Waals surface area contributed by atoms with Crippen LogP contribution in [0.3, 0.4) is 0 Å². The Morgan fingerprint density at radius 2 is 1.31 bits per heavy atom. The van der Waals surface area contributed by atoms with E-state index in [0.717, 1.165) is 0 Å². The zero-order chi connectivity index (χ0) is 11.7. The second-order valence-electron chi connectivity index (χ2n) is 3.27. The third-order valence-corrected chi connectivity index (χ3v) is 2.15. The van der Waals surface area contributed by atoms with E-state index in [-0.39, 0.29) is 16.9 Å². The molecule has 0 saturated heterocycles. The van der Waals surface area contributed by atoms with E-state index in [2.05, 4.69) is 0 Å². The molecule has 0 bridgehead atoms. The summed E-state index contributed by atoms with van der Waals surface area (Å²) in [4.78, 5) is 0. The van der Waals surface area contributed by atoms with Gasteiger partial charge >= 0.3 is 0 Å². The smallest absolute Gasteiger partial charge is 0.178 e. The zero-order valence-electron chi connectivity index (χ0n) is 8.01. The normalized spacial score (nSPS) is 10.4. The summed E-state index contributed by atoms with van der Waals surface area (Å²) in [6.45, 7) is 0. The van der Waals surface area contributed by atoms with Gasteiger partial charge in [0.2, 0.25) is 0 Å². The first kappa shape index (κ1) is 10.5. The van der Waals surface area contributed by atoms with Gasteiger partial charge in [0.15, 0.2) is 5.75 Å². The molecule has 2 aromatic carbocycles. The molecule has 0 saturated carbocycles. The first-order chi connectivity index (χ1) is 7.58. The molecule has 0 aliphatic carbocycles. The Bertz CT molecular complexity index is 497. The quantitative estimate of drug-likeness (QED) is 0.698. The van der Waals surface area contributed by atoms with E-state index in [1.54, 1.807) is 0 Å². The minimum atomic E-state index is -0.990. The fourth-order valence-electron chi connectivity index (χ4n) is 1.44. The standard InChI is InChI=1S/C12H6F3O/c13-8-5-10(14)12(11(15)6-8)7-1-3-9(16)4-2-7/h1-6H. The van der Waals surface area contributed by atoms with Gasteiger partial charge in [-0.15, -0.1) is 0 Å². The molecule has 0 spiro atoms. The summed E-state index contributed by atoms with van der Waals surface area (Å²) in [5, 5.41) is 10.8. The van der Waals surface area contributed by atoms with Crippen LogP contribution in [0, 0.1) is 17.5 Å². The predicted molar refractivity (Wildman–Crippen MR) is 51.9 cm³/mol. The minimum Gasteiger partial charge on any atom is -0.290 e. The van der Waals surface area contributed by atoms with Gasteiger partial charge in [0, 0.05) is 12.1 Å². The summed E-state index contributed by atoms with van der Waals surface area (Å²) in [6.07, 6.45) is 0. The lowest BCUT2D eigenvalue weighted by Crippen LogP contribution is -1.91. The van der Waals surface area contributed by atoms with E-state index in [1.807, 2.05) is 0 Å². The van der Waals surface area contributed by atoms with E-state index in [0.29, 0.717) is 12.1 Å². The molecule has 0 heterocycles. The van der Waals surface area contributed by atoms with Crippen LogP contribution < -0.4 is 0 Å². The molecule has 81 valence electrons. The maximum absolute atomic E-state index is 13.3. The summed E-state index contributed by atoms with van der Waals surface area (Å²) in [7, 11) is 0. The molecule has 2 aromatic rings. The molecule has 0 fully saturated rings. The van der Waals surface area contributed by atoms with Gasteiger partial charge in [-0.3, -0.25) is 5.11 Å². The Labute approximate surface area is 89.8 Å². The predicted octanol–water partition coefficient (Wildman–Crippen LogP) is 3.91. The molecular formula is C12H6F3O. The van der Waals surface area contributed by atoms with Gasteiger partial charge in [-0.1, -0.05) is 12.1 Å². The first-order valence-corrected chi connectivity index (χ1v) is 4.50. The molecule has 0 unspecified atom stereocenters. The second kappa shape index (κ2) is 3.89. The molecule has 0 N–H and O–H groups in total. The molecule has 16 heavy (non-hydrogen) atoms. The highest BCUT2D eigenvalue weighted by Crippen LogP contribution is 2.28. The van der Waals surface area contributed by atoms with Crippen LogP contribution in [0.1, 0.15) is 0 Å². The van der Waals surface area contributed by atoms with Crippen molar-refractivity contribution >= 4 is 0 Å². The van der Waals surface area contributed by atoms with Crippen molar-refractivity contribution in [2.24, 2.45) is 0 Å². The number of halogens is 3. The van der Waals surface area contributed by atoms with E-state index >= 15 is 0 Å². The number of hydrogen-bond donors (Lipinski definition) is 0. The first-order valence-electron chi connectivity index (χ1n) is 4.50. The average Bonchev–Trinajstić information content (AvgIpc) is 2.19. The molecule has 4 heteroatoms. The Kier molecular flexibility index (Phi) is 2.56. The van der Waals surface area contributed by atoms with Crippen molar-refractivity contribution in [2.45, 2.75) is 0 Å². The molecular weight excluding hydrogens is 217 g/mol. The molecule has 2 rings (SSSR count). The Hall–Kier alpha value is -1.97. The minimum absolute atomic E-state index is 0.203. The van der Waals surface area contributed by atoms with Crippen molar-refractivity contribution in [3.63, 3.8) is 0 Å². The lowest BCUT2D eigenvalue weighted by Gasteiger charge is -2.05. The fourth-order valence-corrected chi connectivity index (χ4v) is 1.44. The summed E-state index contributed by atoms with van der Waals surface area (Å²) in [5.41, 5.74) is -0.129. The van der Waals surface area contributed by atoms with Crippen molar-refractivity contribution in [2.75, 3.05) is 0 Å². The maximum Gasteiger partial charge on any atom is 0.178 e. The van der Waals surface area contributed by atoms with Gasteiger partial charge in [0.1, 0.15) is 17.5 Å². The number of rotatable bonds is 1. The summed E-state index contributed by atoms with van der Waals surface area (Å²) < 4.78 is 39.3. The lowest BCUT2D eigenvalue weighted by atomic mass is 10.0. The Balaban J connectivity index is 2.60. The van der Waals surface area contributed by atoms with Crippen LogP contribution in [0.25, 0.3) is 11.1 Å². The fraction of sp³-hybridized carbons (Fsp3) is 0. The van der Waals surface area contributed by atoms with E-state index in [4.69, 9.17) is 0 Å². The van der Waals surface area contributed by atoms with E-state index < -0.39 is 17.5 Å². The summed E-state index contributed by atoms with van der Waals surface area (Å²) in [5.74, 6) is -3.21. The third-order valence-electron chi connectivity index (χ3n) is 2.15. The lowest BCUT2D eigenvalue weighted by molar-refractivity contribution is 0.355. The van der Waals surface area contributed by atoms with Crippen LogP contribution >= 0.6 is 0 Å². The molecule has 0 aromatic heterocycles. The van der Waals surface area contributed by atoms with Gasteiger partial charge in [-0.05, 0) is 17.7 Å². The van der Waals surface area contributed by atoms with Crippen LogP contribution in [0.5, 0.6) is 5.75 Å². The number of hydrogen-bond acceptors (Lipinski definition) is 0. The second-order valence-corrected chi connectivity index (χ2v) is 3.27. The molecule has 0 aliphatic heterocycles. The van der Waals surface area contributed by atoms with Crippen LogP contribution in [0.15, 0.2) is 36.4 Å². The van der Waals surface area contributed by atoms with Crippen LogP contribution in [0.4, 0.5) is 13.2 Å². The van der Waals surface area contributed by atoms with E-state index in [1.165, 1.54) is 24.3 Å². The summed E-state index contributed by atoms with van der Waals surface area (Å²) >= 11 is 0. The highest BCUT2D eigenvalue weighted by atomic mass is 19.1. The SMILES string of the molecule is [O]c1ccc(-c2c(F)cc(F)cc2F)cc1. The average molecular weight is 223 g/mol. The van der Waals surface area contributed by atoms with Crippen molar-refractivity contribution in [1.82, 2.24) is 0 Å². The van der Waals surface area contributed by atoms with Gasteiger partial charge < -0.3 is 0 Å². The van der Waals surface area contributed by atoms with Crippen LogP contribution in [-0.4, -0.2) is 0 Å². The van der Waals surface area contributed by atoms with Crippen molar-refractivity contribution in [3.05, 3.63) is 53.8 Å². The Morgan fingerprint density at radius 1 is 0.812 bits per heavy atom. The molecule has 1 radical (unpaired) electrons. The third kappa shape index (κ3) is 1.86. The molecule has 0 aliphatic rings. The van der Waals surface area contributed by atoms with Crippen molar-refractivity contribution in [3.8, 4) is 16.9 Å². The van der Waals surface area contributed by atoms with Crippen molar-refractivity contribution < 1.29 is 18.3 Å². The number of benzene rings is 2. The largest absolute Gasteiger partial charge is 0.290 e. The zero-order valence-corrected chi connectivity index (χ0v) is 8.01. The molecule has 1 nitrogen and oxygen atoms in total. The highest BCUT2D eigenvalue weighted by Gasteiger charge is 2.13. The van der Waals surface area contributed by atoms with Crippen LogP contribution in [0.2, 0.25) is 0 Å². The monoisotopic (exact) mass is 223 g/mol. The maximum atomic E-state index is 13.3. The Morgan fingerprint density at radius 3 is 1.81 bits per heavy atom. The van der Waals surface area contributed by atoms with Gasteiger partial charge in [0.25, 0.3) is 0 Å². The molecule has 0 atom stereocenters. The van der Waals surface area contributed by atoms with E-state index in [9.17, 15) is 18.3 Å². The highest BCUT2D eigenvalue weighted by molar-refractivity contribution is 5.65. The van der Waals surface area contributed by atoms with Crippen LogP contribution in [-0.2, 0) is 5.11 Å². The van der Waals surface area contributed by atoms with Gasteiger partial charge in [0.05, 0.1) is 5.56 Å². The van der Waals surface area contributed by atoms with Crippen molar-refractivity contribution in [1.29, 1.82) is 0 Å². The topological polar surface area (TPSA) is 19.9 Å². The van der Waals surface area contributed by atoms with Gasteiger partial charge in [-0.25, -0.2) is 13.2 Å². The van der Waals surface area contributed by atoms with Gasteiger partial charge in [-0.2, -0.15) is 0 Å². The molecule has 0 amide bonds.